The lowest BCUT2D eigenvalue weighted by Gasteiger charge is -2.25. The molecule has 2 atom stereocenters. The summed E-state index contributed by atoms with van der Waals surface area (Å²) in [6, 6.07) is 4.33. The Bertz CT molecular complexity index is 1010. The molecule has 1 aliphatic rings. The summed E-state index contributed by atoms with van der Waals surface area (Å²) >= 11 is 11.9. The van der Waals surface area contributed by atoms with Crippen LogP contribution >= 0.6 is 23.2 Å². The molecular formula is C21H26BCl2N3O8. The van der Waals surface area contributed by atoms with Crippen LogP contribution in [0, 0.1) is 5.92 Å². The Morgan fingerprint density at radius 2 is 1.83 bits per heavy atom. The van der Waals surface area contributed by atoms with Crippen LogP contribution in [0.15, 0.2) is 18.2 Å². The van der Waals surface area contributed by atoms with Crippen molar-refractivity contribution in [1.29, 1.82) is 0 Å². The number of carboxylic acids is 1. The Morgan fingerprint density at radius 1 is 1.14 bits per heavy atom. The van der Waals surface area contributed by atoms with Crippen LogP contribution in [0.2, 0.25) is 10.0 Å². The van der Waals surface area contributed by atoms with E-state index in [1.165, 1.54) is 25.2 Å². The molecule has 2 rings (SSSR count). The second kappa shape index (κ2) is 12.2. The highest BCUT2D eigenvalue weighted by Crippen LogP contribution is 2.32. The van der Waals surface area contributed by atoms with E-state index in [2.05, 4.69) is 16.0 Å². The van der Waals surface area contributed by atoms with Gasteiger partial charge in [0, 0.05) is 12.1 Å². The fourth-order valence-electron chi connectivity index (χ4n) is 3.48. The van der Waals surface area contributed by atoms with Crippen molar-refractivity contribution in [2.75, 3.05) is 13.6 Å². The molecule has 1 heterocycles. The number of carboxylic acid groups (broad SMARTS) is 1. The molecule has 0 aromatic heterocycles. The average Bonchev–Trinajstić information content (AvgIpc) is 3.07. The van der Waals surface area contributed by atoms with Crippen LogP contribution in [0.1, 0.15) is 43.5 Å². The number of amides is 3. The second-order valence-electron chi connectivity index (χ2n) is 8.42. The highest BCUT2D eigenvalue weighted by Gasteiger charge is 2.57. The van der Waals surface area contributed by atoms with E-state index in [1.807, 2.05) is 13.8 Å². The predicted octanol–water partition coefficient (Wildman–Crippen LogP) is 1.20. The van der Waals surface area contributed by atoms with E-state index in [1.54, 1.807) is 0 Å². The van der Waals surface area contributed by atoms with Gasteiger partial charge in [0.15, 0.2) is 5.60 Å². The van der Waals surface area contributed by atoms with Crippen LogP contribution in [0.25, 0.3) is 0 Å². The third kappa shape index (κ3) is 7.84. The van der Waals surface area contributed by atoms with E-state index in [0.29, 0.717) is 11.4 Å². The summed E-state index contributed by atoms with van der Waals surface area (Å²) < 4.78 is 11.0. The van der Waals surface area contributed by atoms with Crippen LogP contribution in [0.4, 0.5) is 0 Å². The van der Waals surface area contributed by atoms with Crippen LogP contribution < -0.4 is 16.0 Å². The number of carbonyl (C=O) groups excluding carboxylic acids is 4. The smallest absolute Gasteiger partial charge is 0.506 e. The van der Waals surface area contributed by atoms with Crippen LogP contribution in [-0.2, 0) is 28.5 Å². The minimum atomic E-state index is -2.03. The SMILES string of the molecule is CNC(=O)C[C@]1(CC(=O)O)OB([C@H](CC(C)C)NC(=O)CNC(=O)c2cc(Cl)ccc2Cl)OC1=O. The molecule has 0 bridgehead atoms. The van der Waals surface area contributed by atoms with E-state index in [4.69, 9.17) is 32.5 Å². The van der Waals surface area contributed by atoms with Crippen molar-refractivity contribution in [3.63, 3.8) is 0 Å². The van der Waals surface area contributed by atoms with Crippen molar-refractivity contribution in [3.05, 3.63) is 33.8 Å². The highest BCUT2D eigenvalue weighted by molar-refractivity contribution is 6.51. The normalized spacial score (nSPS) is 18.1. The highest BCUT2D eigenvalue weighted by atomic mass is 35.5. The lowest BCUT2D eigenvalue weighted by molar-refractivity contribution is -0.154. The number of hydrogen-bond acceptors (Lipinski definition) is 7. The summed E-state index contributed by atoms with van der Waals surface area (Å²) in [6.07, 6.45) is -1.07. The summed E-state index contributed by atoms with van der Waals surface area (Å²) in [7, 11) is -0.00255. The number of rotatable bonds is 11. The molecule has 1 aromatic rings. The molecule has 1 fully saturated rings. The zero-order valence-corrected chi connectivity index (χ0v) is 20.9. The fourth-order valence-corrected chi connectivity index (χ4v) is 3.86. The molecule has 0 radical (unpaired) electrons. The maximum atomic E-state index is 12.6. The second-order valence-corrected chi connectivity index (χ2v) is 9.26. The van der Waals surface area contributed by atoms with Gasteiger partial charge >= 0.3 is 19.1 Å². The summed E-state index contributed by atoms with van der Waals surface area (Å²) in [5.41, 5.74) is -1.94. The van der Waals surface area contributed by atoms with Gasteiger partial charge in [0.05, 0.1) is 35.9 Å². The molecule has 11 nitrogen and oxygen atoms in total. The molecule has 0 spiro atoms. The third-order valence-electron chi connectivity index (χ3n) is 5.08. The van der Waals surface area contributed by atoms with Gasteiger partial charge in [-0.1, -0.05) is 37.0 Å². The largest absolute Gasteiger partial charge is 0.552 e. The van der Waals surface area contributed by atoms with Gasteiger partial charge in [0.25, 0.3) is 5.91 Å². The molecule has 0 aliphatic carbocycles. The first-order chi connectivity index (χ1) is 16.4. The van der Waals surface area contributed by atoms with Gasteiger partial charge in [-0.2, -0.15) is 0 Å². The van der Waals surface area contributed by atoms with Gasteiger partial charge < -0.3 is 30.4 Å². The molecule has 3 amide bonds. The van der Waals surface area contributed by atoms with Crippen molar-refractivity contribution in [2.45, 2.75) is 44.7 Å². The average molecular weight is 530 g/mol. The Kier molecular flexibility index (Phi) is 9.93. The van der Waals surface area contributed by atoms with Gasteiger partial charge in [-0.3, -0.25) is 24.0 Å². The van der Waals surface area contributed by atoms with Crippen LogP contribution in [0.3, 0.4) is 0 Å². The Labute approximate surface area is 212 Å². The van der Waals surface area contributed by atoms with Gasteiger partial charge in [-0.25, -0.2) is 0 Å². The maximum Gasteiger partial charge on any atom is 0.552 e. The maximum absolute atomic E-state index is 12.6. The summed E-state index contributed by atoms with van der Waals surface area (Å²) in [5, 5.41) is 17.1. The molecule has 1 saturated heterocycles. The molecule has 35 heavy (non-hydrogen) atoms. The standard InChI is InChI=1S/C21H26BCl2N3O8/c1-11(2)6-15(22-34-20(33)21(35-22,9-18(30)31)8-16(28)25-3)27-17(29)10-26-19(32)13-7-12(23)4-5-14(13)24/h4-5,7,11,15H,6,8-10H2,1-3H3,(H,25,28)(H,26,32)(H,27,29)(H,30,31)/t15-,21+/m0/s1. The molecule has 14 heteroatoms. The molecule has 0 saturated carbocycles. The monoisotopic (exact) mass is 529 g/mol. The molecular weight excluding hydrogens is 504 g/mol. The number of nitrogens with one attached hydrogen (secondary N) is 3. The molecule has 1 aliphatic heterocycles. The number of halogens is 2. The zero-order chi connectivity index (χ0) is 26.3. The lowest BCUT2D eigenvalue weighted by Crippen LogP contribution is -2.52. The van der Waals surface area contributed by atoms with Gasteiger partial charge in [-0.15, -0.1) is 0 Å². The van der Waals surface area contributed by atoms with E-state index in [0.717, 1.165) is 0 Å². The molecule has 190 valence electrons. The number of hydrogen-bond donors (Lipinski definition) is 4. The summed E-state index contributed by atoms with van der Waals surface area (Å²) in [4.78, 5) is 60.9. The molecule has 1 aromatic carbocycles. The van der Waals surface area contributed by atoms with E-state index in [-0.39, 0.29) is 16.5 Å². The Balaban J connectivity index is 2.12. The first-order valence-corrected chi connectivity index (χ1v) is 11.5. The van der Waals surface area contributed by atoms with Crippen molar-refractivity contribution < 1.29 is 38.4 Å². The topological polar surface area (TPSA) is 160 Å². The minimum absolute atomic E-state index is 0.0101. The van der Waals surface area contributed by atoms with Gasteiger partial charge in [-0.05, 0) is 30.5 Å². The van der Waals surface area contributed by atoms with Crippen LogP contribution in [-0.4, -0.2) is 67.0 Å². The Morgan fingerprint density at radius 3 is 2.43 bits per heavy atom. The van der Waals surface area contributed by atoms with Gasteiger partial charge in [0.2, 0.25) is 11.8 Å². The fraction of sp³-hybridized carbons (Fsp3) is 0.476. The third-order valence-corrected chi connectivity index (χ3v) is 5.65. The number of carbonyl (C=O) groups is 5. The van der Waals surface area contributed by atoms with Crippen molar-refractivity contribution in [1.82, 2.24) is 16.0 Å². The predicted molar refractivity (Wildman–Crippen MR) is 127 cm³/mol. The van der Waals surface area contributed by atoms with E-state index >= 15 is 0 Å². The van der Waals surface area contributed by atoms with E-state index in [9.17, 15) is 29.1 Å². The zero-order valence-electron chi connectivity index (χ0n) is 19.4. The van der Waals surface area contributed by atoms with Crippen molar-refractivity contribution in [2.24, 2.45) is 5.92 Å². The summed E-state index contributed by atoms with van der Waals surface area (Å²) in [5.74, 6) is -5.10. The van der Waals surface area contributed by atoms with Crippen molar-refractivity contribution >= 4 is 60.0 Å². The van der Waals surface area contributed by atoms with Crippen molar-refractivity contribution in [3.8, 4) is 0 Å². The van der Waals surface area contributed by atoms with Gasteiger partial charge in [0.1, 0.15) is 0 Å². The van der Waals surface area contributed by atoms with Crippen LogP contribution in [0.5, 0.6) is 0 Å². The molecule has 4 N–H and O–H groups in total. The van der Waals surface area contributed by atoms with E-state index < -0.39 is 67.7 Å². The summed E-state index contributed by atoms with van der Waals surface area (Å²) in [6.45, 7) is 3.28. The minimum Gasteiger partial charge on any atom is -0.506 e. The number of aliphatic carboxylic acids is 1. The lowest BCUT2D eigenvalue weighted by atomic mass is 9.74. The quantitative estimate of drug-likeness (QED) is 0.311. The first-order valence-electron chi connectivity index (χ1n) is 10.7. The Hall–Kier alpha value is -2.83. The first kappa shape index (κ1) is 28.4. The molecule has 0 unspecified atom stereocenters. The number of benzene rings is 1.